The maximum Gasteiger partial charge on any atom is 0.149 e. The molecule has 0 fully saturated rings. The van der Waals surface area contributed by atoms with Crippen LogP contribution in [0.2, 0.25) is 0 Å². The zero-order chi connectivity index (χ0) is 12.3. The van der Waals surface area contributed by atoms with E-state index in [1.807, 2.05) is 0 Å². The predicted molar refractivity (Wildman–Crippen MR) is 68.8 cm³/mol. The number of hydrogen-bond acceptors (Lipinski definition) is 2. The van der Waals surface area contributed by atoms with Gasteiger partial charge in [-0.25, -0.2) is 8.78 Å². The van der Waals surface area contributed by atoms with Crippen molar-refractivity contribution in [3.05, 3.63) is 59.7 Å². The molecule has 0 aliphatic rings. The number of ether oxygens (including phenoxy) is 1. The standard InChI is InChI=1S/C13H11F2NO.ClH/c14-10-3-1-9(2-4-10)8-17-11-5-6-13(16)12(15)7-11;/h1-7H,8,16H2;1H. The summed E-state index contributed by atoms with van der Waals surface area (Å²) >= 11 is 0. The smallest absolute Gasteiger partial charge is 0.149 e. The molecule has 0 saturated carbocycles. The van der Waals surface area contributed by atoms with Crippen LogP contribution in [-0.4, -0.2) is 0 Å². The second-order valence-corrected chi connectivity index (χ2v) is 3.60. The molecule has 0 amide bonds. The van der Waals surface area contributed by atoms with Gasteiger partial charge < -0.3 is 10.5 Å². The number of halogens is 3. The normalized spacial score (nSPS) is 9.67. The molecule has 0 spiro atoms. The van der Waals surface area contributed by atoms with Gasteiger partial charge in [0, 0.05) is 6.07 Å². The van der Waals surface area contributed by atoms with Crippen molar-refractivity contribution >= 4 is 18.1 Å². The molecule has 2 aromatic rings. The Morgan fingerprint density at radius 3 is 2.28 bits per heavy atom. The molecule has 2 rings (SSSR count). The van der Waals surface area contributed by atoms with E-state index in [4.69, 9.17) is 10.5 Å². The van der Waals surface area contributed by atoms with Gasteiger partial charge in [-0.3, -0.25) is 0 Å². The van der Waals surface area contributed by atoms with Gasteiger partial charge in [0.25, 0.3) is 0 Å². The van der Waals surface area contributed by atoms with Gasteiger partial charge in [0.2, 0.25) is 0 Å². The third-order valence-corrected chi connectivity index (χ3v) is 2.29. The maximum absolute atomic E-state index is 13.1. The molecular formula is C13H12ClF2NO. The summed E-state index contributed by atoms with van der Waals surface area (Å²) in [5.41, 5.74) is 6.23. The predicted octanol–water partition coefficient (Wildman–Crippen LogP) is 3.55. The molecule has 5 heteroatoms. The average Bonchev–Trinajstić information content (AvgIpc) is 2.33. The van der Waals surface area contributed by atoms with E-state index in [9.17, 15) is 8.78 Å². The van der Waals surface area contributed by atoms with Gasteiger partial charge in [-0.15, -0.1) is 12.4 Å². The van der Waals surface area contributed by atoms with Crippen LogP contribution in [0.25, 0.3) is 0 Å². The summed E-state index contributed by atoms with van der Waals surface area (Å²) in [5.74, 6) is -0.421. The summed E-state index contributed by atoms with van der Waals surface area (Å²) in [6.07, 6.45) is 0. The van der Waals surface area contributed by atoms with Crippen LogP contribution in [0.15, 0.2) is 42.5 Å². The van der Waals surface area contributed by atoms with Gasteiger partial charge in [0.15, 0.2) is 0 Å². The maximum atomic E-state index is 13.1. The van der Waals surface area contributed by atoms with Gasteiger partial charge in [0.1, 0.15) is 24.0 Å². The molecule has 18 heavy (non-hydrogen) atoms. The molecule has 2 nitrogen and oxygen atoms in total. The van der Waals surface area contributed by atoms with Crippen LogP contribution < -0.4 is 10.5 Å². The lowest BCUT2D eigenvalue weighted by atomic mass is 10.2. The number of benzene rings is 2. The fraction of sp³-hybridized carbons (Fsp3) is 0.0769. The Bertz CT molecular complexity index is 517. The first kappa shape index (κ1) is 14.3. The Labute approximate surface area is 110 Å². The summed E-state index contributed by atoms with van der Waals surface area (Å²) in [6.45, 7) is 0.254. The minimum atomic E-state index is -0.512. The molecule has 96 valence electrons. The Morgan fingerprint density at radius 1 is 1.00 bits per heavy atom. The van der Waals surface area contributed by atoms with Crippen LogP contribution in [0.1, 0.15) is 5.56 Å². The Morgan fingerprint density at radius 2 is 1.67 bits per heavy atom. The fourth-order valence-corrected chi connectivity index (χ4v) is 1.34. The molecule has 0 saturated heterocycles. The van der Waals surface area contributed by atoms with E-state index in [2.05, 4.69) is 0 Å². The number of nitrogens with two attached hydrogens (primary N) is 1. The molecule has 0 unspecified atom stereocenters. The zero-order valence-corrected chi connectivity index (χ0v) is 10.2. The van der Waals surface area contributed by atoms with Crippen LogP contribution in [0, 0.1) is 11.6 Å². The van der Waals surface area contributed by atoms with Crippen molar-refractivity contribution in [2.75, 3.05) is 5.73 Å². The highest BCUT2D eigenvalue weighted by molar-refractivity contribution is 5.85. The minimum Gasteiger partial charge on any atom is -0.489 e. The third kappa shape index (κ3) is 3.60. The van der Waals surface area contributed by atoms with E-state index in [1.54, 1.807) is 18.2 Å². The number of rotatable bonds is 3. The highest BCUT2D eigenvalue weighted by Crippen LogP contribution is 2.19. The van der Waals surface area contributed by atoms with Crippen molar-refractivity contribution in [3.63, 3.8) is 0 Å². The molecule has 0 radical (unpaired) electrons. The van der Waals surface area contributed by atoms with Crippen molar-refractivity contribution in [2.24, 2.45) is 0 Å². The van der Waals surface area contributed by atoms with Gasteiger partial charge in [0.05, 0.1) is 5.69 Å². The summed E-state index contributed by atoms with van der Waals surface area (Å²) in [4.78, 5) is 0. The number of anilines is 1. The molecular weight excluding hydrogens is 260 g/mol. The number of nitrogen functional groups attached to an aromatic ring is 1. The van der Waals surface area contributed by atoms with E-state index < -0.39 is 5.82 Å². The van der Waals surface area contributed by atoms with Crippen LogP contribution in [0.5, 0.6) is 5.75 Å². The van der Waals surface area contributed by atoms with Crippen LogP contribution in [0.4, 0.5) is 14.5 Å². The number of hydrogen-bond donors (Lipinski definition) is 1. The van der Waals surface area contributed by atoms with E-state index in [1.165, 1.54) is 24.3 Å². The average molecular weight is 272 g/mol. The monoisotopic (exact) mass is 271 g/mol. The lowest BCUT2D eigenvalue weighted by Crippen LogP contribution is -1.97. The summed E-state index contributed by atoms with van der Waals surface area (Å²) in [7, 11) is 0. The second-order valence-electron chi connectivity index (χ2n) is 3.60. The molecule has 2 N–H and O–H groups in total. The van der Waals surface area contributed by atoms with Crippen LogP contribution >= 0.6 is 12.4 Å². The quantitative estimate of drug-likeness (QED) is 0.867. The van der Waals surface area contributed by atoms with Gasteiger partial charge in [-0.1, -0.05) is 12.1 Å². The first-order valence-electron chi connectivity index (χ1n) is 5.07. The molecule has 0 heterocycles. The zero-order valence-electron chi connectivity index (χ0n) is 9.40. The molecule has 0 aromatic heterocycles. The van der Waals surface area contributed by atoms with E-state index in [-0.39, 0.29) is 30.5 Å². The third-order valence-electron chi connectivity index (χ3n) is 2.29. The second kappa shape index (κ2) is 6.21. The highest BCUT2D eigenvalue weighted by Gasteiger charge is 2.01. The lowest BCUT2D eigenvalue weighted by molar-refractivity contribution is 0.304. The molecule has 0 atom stereocenters. The summed E-state index contributed by atoms with van der Waals surface area (Å²) < 4.78 is 31.1. The highest BCUT2D eigenvalue weighted by atomic mass is 35.5. The van der Waals surface area contributed by atoms with E-state index >= 15 is 0 Å². The largest absolute Gasteiger partial charge is 0.489 e. The fourth-order valence-electron chi connectivity index (χ4n) is 1.34. The molecule has 0 aliphatic heterocycles. The first-order chi connectivity index (χ1) is 8.15. The summed E-state index contributed by atoms with van der Waals surface area (Å²) in [6, 6.07) is 10.2. The van der Waals surface area contributed by atoms with Crippen molar-refractivity contribution in [3.8, 4) is 5.75 Å². The molecule has 0 bridgehead atoms. The van der Waals surface area contributed by atoms with Gasteiger partial charge in [-0.05, 0) is 29.8 Å². The summed E-state index contributed by atoms with van der Waals surface area (Å²) in [5, 5.41) is 0. The van der Waals surface area contributed by atoms with E-state index in [0.717, 1.165) is 5.56 Å². The van der Waals surface area contributed by atoms with Crippen molar-refractivity contribution in [1.29, 1.82) is 0 Å². The molecule has 0 aliphatic carbocycles. The Balaban J connectivity index is 0.00000162. The first-order valence-corrected chi connectivity index (χ1v) is 5.07. The van der Waals surface area contributed by atoms with Crippen molar-refractivity contribution in [1.82, 2.24) is 0 Å². The van der Waals surface area contributed by atoms with Crippen LogP contribution in [0.3, 0.4) is 0 Å². The van der Waals surface area contributed by atoms with Crippen molar-refractivity contribution < 1.29 is 13.5 Å². The Hall–Kier alpha value is -1.81. The minimum absolute atomic E-state index is 0. The van der Waals surface area contributed by atoms with E-state index in [0.29, 0.717) is 5.75 Å². The van der Waals surface area contributed by atoms with Crippen LogP contribution in [-0.2, 0) is 6.61 Å². The molecule has 2 aromatic carbocycles. The van der Waals surface area contributed by atoms with Gasteiger partial charge in [-0.2, -0.15) is 0 Å². The lowest BCUT2D eigenvalue weighted by Gasteiger charge is -2.07. The van der Waals surface area contributed by atoms with Crippen molar-refractivity contribution in [2.45, 2.75) is 6.61 Å². The topological polar surface area (TPSA) is 35.2 Å². The SMILES string of the molecule is Cl.Nc1ccc(OCc2ccc(F)cc2)cc1F. The van der Waals surface area contributed by atoms with Gasteiger partial charge >= 0.3 is 0 Å². The Kier molecular flexibility index (Phi) is 4.92.